The molecule has 1 atom stereocenters. The summed E-state index contributed by atoms with van der Waals surface area (Å²) in [5.74, 6) is 0.180. The van der Waals surface area contributed by atoms with Gasteiger partial charge in [-0.25, -0.2) is 0 Å². The first kappa shape index (κ1) is 37.6. The van der Waals surface area contributed by atoms with Crippen LogP contribution in [0.3, 0.4) is 0 Å². The highest BCUT2D eigenvalue weighted by Crippen LogP contribution is 2.42. The van der Waals surface area contributed by atoms with Gasteiger partial charge in [0.1, 0.15) is 0 Å². The molecule has 1 unspecified atom stereocenters. The lowest BCUT2D eigenvalue weighted by Crippen LogP contribution is -2.17. The Morgan fingerprint density at radius 1 is 0.607 bits per heavy atom. The molecule has 1 heterocycles. The standard InChI is InChI=1S/C59H46N2/c1-3-5-15-42(4-2)44-26-28-45(29-27-44)46-32-36-52(37-33-46)60(53-38-34-47(35-39-53)49-31-30-43-16-9-10-17-48(43)40-49)54-21-13-18-50(41-54)55-23-14-25-58-59(55)56-22-11-12-24-57(56)61(58)51-19-7-6-8-20-51/h3-17,19-41,50H,1,18H2,2H3/b15-5-,42-4+. The number of fused-ring (bicyclic) bond motifs is 4. The summed E-state index contributed by atoms with van der Waals surface area (Å²) in [7, 11) is 0. The zero-order valence-corrected chi connectivity index (χ0v) is 34.3. The maximum atomic E-state index is 3.83. The molecule has 0 radical (unpaired) electrons. The van der Waals surface area contributed by atoms with Crippen LogP contribution in [0.4, 0.5) is 11.4 Å². The van der Waals surface area contributed by atoms with Gasteiger partial charge in [0, 0.05) is 39.4 Å². The van der Waals surface area contributed by atoms with E-state index < -0.39 is 0 Å². The Bertz CT molecular complexity index is 3160. The van der Waals surface area contributed by atoms with E-state index in [2.05, 4.69) is 241 Å². The van der Waals surface area contributed by atoms with Crippen molar-refractivity contribution >= 4 is 49.5 Å². The van der Waals surface area contributed by atoms with Gasteiger partial charge in [-0.2, -0.15) is 0 Å². The average Bonchev–Trinajstić information content (AvgIpc) is 3.67. The number of para-hydroxylation sites is 2. The Hall–Kier alpha value is -7.68. The molecular weight excluding hydrogens is 737 g/mol. The van der Waals surface area contributed by atoms with Gasteiger partial charge in [0.2, 0.25) is 0 Å². The highest BCUT2D eigenvalue weighted by Gasteiger charge is 2.23. The van der Waals surface area contributed by atoms with E-state index in [1.54, 1.807) is 0 Å². The third kappa shape index (κ3) is 7.23. The quantitative estimate of drug-likeness (QED) is 0.125. The van der Waals surface area contributed by atoms with Crippen LogP contribution in [-0.2, 0) is 0 Å². The predicted octanol–water partition coefficient (Wildman–Crippen LogP) is 16.2. The first-order valence-corrected chi connectivity index (χ1v) is 21.2. The van der Waals surface area contributed by atoms with Crippen molar-refractivity contribution in [3.05, 3.63) is 254 Å². The molecule has 0 saturated carbocycles. The van der Waals surface area contributed by atoms with Crippen molar-refractivity contribution < 1.29 is 0 Å². The molecule has 0 amide bonds. The Balaban J connectivity index is 1.05. The summed E-state index contributed by atoms with van der Waals surface area (Å²) in [5.41, 5.74) is 15.5. The molecule has 0 spiro atoms. The summed E-state index contributed by atoms with van der Waals surface area (Å²) in [4.78, 5) is 2.41. The maximum absolute atomic E-state index is 3.83. The average molecular weight is 783 g/mol. The van der Waals surface area contributed by atoms with E-state index in [4.69, 9.17) is 0 Å². The van der Waals surface area contributed by atoms with E-state index in [9.17, 15) is 0 Å². The van der Waals surface area contributed by atoms with Crippen molar-refractivity contribution in [3.8, 4) is 27.9 Å². The smallest absolute Gasteiger partial charge is 0.0544 e. The Morgan fingerprint density at radius 2 is 1.23 bits per heavy atom. The second-order valence-corrected chi connectivity index (χ2v) is 15.7. The summed E-state index contributed by atoms with van der Waals surface area (Å²) < 4.78 is 2.41. The Morgan fingerprint density at radius 3 is 1.95 bits per heavy atom. The van der Waals surface area contributed by atoms with Gasteiger partial charge in [-0.05, 0) is 124 Å². The highest BCUT2D eigenvalue weighted by molar-refractivity contribution is 6.11. The van der Waals surface area contributed by atoms with Crippen molar-refractivity contribution in [2.45, 2.75) is 19.3 Å². The Kier molecular flexibility index (Phi) is 10.2. The van der Waals surface area contributed by atoms with E-state index in [-0.39, 0.29) is 5.92 Å². The molecule has 1 aliphatic rings. The molecule has 1 aliphatic carbocycles. The highest BCUT2D eigenvalue weighted by atomic mass is 15.1. The normalized spacial score (nSPS) is 14.2. The summed E-state index contributed by atoms with van der Waals surface area (Å²) in [6.07, 6.45) is 16.1. The summed E-state index contributed by atoms with van der Waals surface area (Å²) in [6.45, 7) is 5.90. The summed E-state index contributed by atoms with van der Waals surface area (Å²) >= 11 is 0. The molecule has 292 valence electrons. The molecule has 2 nitrogen and oxygen atoms in total. The third-order valence-corrected chi connectivity index (χ3v) is 12.1. The second kappa shape index (κ2) is 16.5. The monoisotopic (exact) mass is 782 g/mol. The number of nitrogens with zero attached hydrogens (tertiary/aromatic N) is 2. The molecule has 0 saturated heterocycles. The molecule has 61 heavy (non-hydrogen) atoms. The number of aromatic nitrogens is 1. The molecule has 10 rings (SSSR count). The van der Waals surface area contributed by atoms with Crippen molar-refractivity contribution in [1.82, 2.24) is 4.57 Å². The van der Waals surface area contributed by atoms with Crippen LogP contribution in [0, 0.1) is 0 Å². The van der Waals surface area contributed by atoms with Gasteiger partial charge >= 0.3 is 0 Å². The molecule has 9 aromatic rings. The number of anilines is 2. The lowest BCUT2D eigenvalue weighted by molar-refractivity contribution is 0.845. The van der Waals surface area contributed by atoms with E-state index in [0.717, 1.165) is 23.5 Å². The van der Waals surface area contributed by atoms with Gasteiger partial charge < -0.3 is 9.47 Å². The Labute approximate surface area is 358 Å². The molecule has 0 bridgehead atoms. The minimum Gasteiger partial charge on any atom is -0.311 e. The van der Waals surface area contributed by atoms with Crippen molar-refractivity contribution in [2.24, 2.45) is 0 Å². The number of allylic oxidation sites excluding steroid dienone is 8. The molecule has 0 fully saturated rings. The van der Waals surface area contributed by atoms with Gasteiger partial charge in [0.05, 0.1) is 11.0 Å². The van der Waals surface area contributed by atoms with Crippen LogP contribution in [0.25, 0.3) is 66.1 Å². The van der Waals surface area contributed by atoms with E-state index in [1.807, 2.05) is 12.2 Å². The van der Waals surface area contributed by atoms with Crippen LogP contribution in [0.2, 0.25) is 0 Å². The van der Waals surface area contributed by atoms with E-state index >= 15 is 0 Å². The van der Waals surface area contributed by atoms with Crippen LogP contribution < -0.4 is 4.90 Å². The van der Waals surface area contributed by atoms with Gasteiger partial charge in [0.15, 0.2) is 0 Å². The van der Waals surface area contributed by atoms with Crippen molar-refractivity contribution in [2.75, 3.05) is 4.90 Å². The lowest BCUT2D eigenvalue weighted by Gasteiger charge is -2.30. The third-order valence-electron chi connectivity index (χ3n) is 12.1. The molecule has 0 aliphatic heterocycles. The molecule has 1 aromatic heterocycles. The van der Waals surface area contributed by atoms with Crippen molar-refractivity contribution in [3.63, 3.8) is 0 Å². The fraction of sp³-hybridized carbons (Fsp3) is 0.0508. The fourth-order valence-corrected chi connectivity index (χ4v) is 9.05. The lowest BCUT2D eigenvalue weighted by atomic mass is 9.88. The molecule has 8 aromatic carbocycles. The zero-order chi connectivity index (χ0) is 41.1. The van der Waals surface area contributed by atoms with Crippen LogP contribution in [0.15, 0.2) is 243 Å². The number of hydrogen-bond acceptors (Lipinski definition) is 1. The summed E-state index contributed by atoms with van der Waals surface area (Å²) in [5, 5.41) is 5.10. The molecular formula is C59H46N2. The largest absolute Gasteiger partial charge is 0.311 e. The van der Waals surface area contributed by atoms with Crippen LogP contribution in [0.5, 0.6) is 0 Å². The number of hydrogen-bond donors (Lipinski definition) is 0. The fourth-order valence-electron chi connectivity index (χ4n) is 9.05. The maximum Gasteiger partial charge on any atom is 0.0544 e. The van der Waals surface area contributed by atoms with Gasteiger partial charge in [-0.1, -0.05) is 176 Å². The van der Waals surface area contributed by atoms with E-state index in [1.165, 1.54) is 77.2 Å². The number of rotatable bonds is 10. The first-order valence-electron chi connectivity index (χ1n) is 21.2. The number of benzene rings is 8. The van der Waals surface area contributed by atoms with E-state index in [0.29, 0.717) is 0 Å². The van der Waals surface area contributed by atoms with Gasteiger partial charge in [-0.3, -0.25) is 0 Å². The van der Waals surface area contributed by atoms with Crippen LogP contribution in [-0.4, -0.2) is 4.57 Å². The first-order chi connectivity index (χ1) is 30.2. The minimum absolute atomic E-state index is 0.180. The predicted molar refractivity (Wildman–Crippen MR) is 262 cm³/mol. The molecule has 0 N–H and O–H groups in total. The topological polar surface area (TPSA) is 8.17 Å². The van der Waals surface area contributed by atoms with Gasteiger partial charge in [0.25, 0.3) is 0 Å². The molecule has 2 heteroatoms. The summed E-state index contributed by atoms with van der Waals surface area (Å²) in [6, 6.07) is 68.6. The SMILES string of the molecule is C=C/C=C\C(=C/C)c1ccc(-c2ccc(N(C3=CC(c4cccc5c4c4ccccc4n5-c4ccccc4)CC=C3)c3ccc(-c4ccc5ccccc5c4)cc3)cc2)cc1. The van der Waals surface area contributed by atoms with Gasteiger partial charge in [-0.15, -0.1) is 0 Å². The van der Waals surface area contributed by atoms with Crippen LogP contribution >= 0.6 is 0 Å². The second-order valence-electron chi connectivity index (χ2n) is 15.7. The minimum atomic E-state index is 0.180. The van der Waals surface area contributed by atoms with Crippen molar-refractivity contribution in [1.29, 1.82) is 0 Å². The zero-order valence-electron chi connectivity index (χ0n) is 34.3. The van der Waals surface area contributed by atoms with Crippen LogP contribution in [0.1, 0.15) is 30.4 Å².